The molecule has 2 rings (SSSR count). The molecule has 0 spiro atoms. The van der Waals surface area contributed by atoms with Gasteiger partial charge in [-0.2, -0.15) is 0 Å². The van der Waals surface area contributed by atoms with Crippen LogP contribution >= 0.6 is 11.8 Å². The minimum Gasteiger partial charge on any atom is -0.324 e. The number of carbonyl (C=O) groups excluding carboxylic acids is 1. The summed E-state index contributed by atoms with van der Waals surface area (Å²) in [7, 11) is 0. The van der Waals surface area contributed by atoms with E-state index in [1.807, 2.05) is 0 Å². The fourth-order valence-electron chi connectivity index (χ4n) is 1.65. The molecule has 1 amide bonds. The summed E-state index contributed by atoms with van der Waals surface area (Å²) in [6.45, 7) is 0. The summed E-state index contributed by atoms with van der Waals surface area (Å²) in [4.78, 5) is 21.8. The summed E-state index contributed by atoms with van der Waals surface area (Å²) in [5, 5.41) is 12.9. The number of benzene rings is 1. The van der Waals surface area contributed by atoms with E-state index in [1.165, 1.54) is 17.8 Å². The van der Waals surface area contributed by atoms with Crippen molar-refractivity contribution < 1.29 is 9.72 Å². The molecule has 1 atom stereocenters. The molecule has 0 bridgehead atoms. The monoisotopic (exact) mass is 224 g/mol. The molecule has 0 radical (unpaired) electrons. The van der Waals surface area contributed by atoms with Gasteiger partial charge in [-0.05, 0) is 12.3 Å². The van der Waals surface area contributed by atoms with E-state index in [1.54, 1.807) is 18.4 Å². The number of anilines is 1. The zero-order valence-electron chi connectivity index (χ0n) is 7.89. The number of amides is 1. The third-order valence-electron chi connectivity index (χ3n) is 2.27. The molecule has 6 heteroatoms. The normalized spacial score (nSPS) is 18.5. The maximum absolute atomic E-state index is 11.5. The van der Waals surface area contributed by atoms with Crippen molar-refractivity contribution in [1.29, 1.82) is 0 Å². The Balaban J connectivity index is 2.60. The predicted octanol–water partition coefficient (Wildman–Crippen LogP) is 1.95. The molecule has 1 aliphatic rings. The maximum Gasteiger partial charge on any atom is 0.276 e. The first-order chi connectivity index (χ1) is 7.15. The first-order valence-electron chi connectivity index (χ1n) is 4.26. The van der Waals surface area contributed by atoms with E-state index in [-0.39, 0.29) is 11.6 Å². The van der Waals surface area contributed by atoms with Gasteiger partial charge in [0.25, 0.3) is 5.69 Å². The number of rotatable bonds is 2. The van der Waals surface area contributed by atoms with E-state index in [0.29, 0.717) is 11.3 Å². The topological polar surface area (TPSA) is 72.2 Å². The molecule has 0 aromatic heterocycles. The van der Waals surface area contributed by atoms with Gasteiger partial charge in [-0.1, -0.05) is 6.07 Å². The van der Waals surface area contributed by atoms with Crippen LogP contribution in [0.15, 0.2) is 18.2 Å². The number of carbonyl (C=O) groups is 1. The Morgan fingerprint density at radius 2 is 2.27 bits per heavy atom. The number of nitro benzene ring substituents is 1. The average Bonchev–Trinajstić information content (AvgIpc) is 2.52. The number of nitro groups is 1. The summed E-state index contributed by atoms with van der Waals surface area (Å²) in [6, 6.07) is 4.67. The summed E-state index contributed by atoms with van der Waals surface area (Å²) in [5.74, 6) is -0.188. The van der Waals surface area contributed by atoms with E-state index in [4.69, 9.17) is 0 Å². The quantitative estimate of drug-likeness (QED) is 0.615. The summed E-state index contributed by atoms with van der Waals surface area (Å²) < 4.78 is 0. The Morgan fingerprint density at radius 3 is 2.87 bits per heavy atom. The van der Waals surface area contributed by atoms with Gasteiger partial charge in [-0.15, -0.1) is 11.8 Å². The number of hydrogen-bond acceptors (Lipinski definition) is 4. The minimum absolute atomic E-state index is 0.00481. The lowest BCUT2D eigenvalue weighted by Gasteiger charge is -2.04. The number of nitrogens with zero attached hydrogens (tertiary/aromatic N) is 1. The highest BCUT2D eigenvalue weighted by Crippen LogP contribution is 2.43. The van der Waals surface area contributed by atoms with Crippen LogP contribution < -0.4 is 5.32 Å². The number of thioether (sulfide) groups is 1. The second-order valence-electron chi connectivity index (χ2n) is 3.10. The van der Waals surface area contributed by atoms with E-state index < -0.39 is 10.2 Å². The molecule has 1 aromatic carbocycles. The van der Waals surface area contributed by atoms with Gasteiger partial charge in [0.2, 0.25) is 5.91 Å². The average molecular weight is 224 g/mol. The van der Waals surface area contributed by atoms with Crippen LogP contribution in [0.2, 0.25) is 0 Å². The highest BCUT2D eigenvalue weighted by Gasteiger charge is 2.36. The Morgan fingerprint density at radius 1 is 1.53 bits per heavy atom. The molecule has 15 heavy (non-hydrogen) atoms. The van der Waals surface area contributed by atoms with Gasteiger partial charge in [0.05, 0.1) is 16.2 Å². The molecule has 0 aliphatic carbocycles. The lowest BCUT2D eigenvalue weighted by molar-refractivity contribution is -0.385. The smallest absolute Gasteiger partial charge is 0.276 e. The molecule has 1 N–H and O–H groups in total. The highest BCUT2D eigenvalue weighted by atomic mass is 32.2. The van der Waals surface area contributed by atoms with Crippen molar-refractivity contribution in [2.24, 2.45) is 0 Å². The van der Waals surface area contributed by atoms with Gasteiger partial charge in [0.1, 0.15) is 5.25 Å². The molecule has 1 heterocycles. The molecule has 0 unspecified atom stereocenters. The molecule has 1 aliphatic heterocycles. The van der Waals surface area contributed by atoms with Gasteiger partial charge in [0.15, 0.2) is 0 Å². The van der Waals surface area contributed by atoms with Gasteiger partial charge in [-0.3, -0.25) is 14.9 Å². The predicted molar refractivity (Wildman–Crippen MR) is 58.0 cm³/mol. The molecule has 78 valence electrons. The fraction of sp³-hybridized carbons (Fsp3) is 0.222. The zero-order chi connectivity index (χ0) is 11.0. The molecule has 0 saturated heterocycles. The van der Waals surface area contributed by atoms with Crippen LogP contribution in [0.3, 0.4) is 0 Å². The van der Waals surface area contributed by atoms with Crippen molar-refractivity contribution in [3.05, 3.63) is 33.9 Å². The van der Waals surface area contributed by atoms with Crippen molar-refractivity contribution in [3.8, 4) is 0 Å². The molecule has 1 aromatic rings. The van der Waals surface area contributed by atoms with Crippen molar-refractivity contribution in [1.82, 2.24) is 0 Å². The Bertz CT molecular complexity index is 447. The third-order valence-corrected chi connectivity index (χ3v) is 3.19. The van der Waals surface area contributed by atoms with Crippen LogP contribution in [0, 0.1) is 10.1 Å². The Labute approximate surface area is 90.0 Å². The second-order valence-corrected chi connectivity index (χ2v) is 4.04. The lowest BCUT2D eigenvalue weighted by Crippen LogP contribution is -2.08. The molecule has 5 nitrogen and oxygen atoms in total. The summed E-state index contributed by atoms with van der Waals surface area (Å²) in [6.07, 6.45) is 1.76. The largest absolute Gasteiger partial charge is 0.324 e. The minimum atomic E-state index is -0.471. The zero-order valence-corrected chi connectivity index (χ0v) is 8.71. The second kappa shape index (κ2) is 3.54. The summed E-state index contributed by atoms with van der Waals surface area (Å²) >= 11 is 1.30. The van der Waals surface area contributed by atoms with E-state index in [0.717, 1.165) is 0 Å². The van der Waals surface area contributed by atoms with Crippen LogP contribution in [-0.4, -0.2) is 17.1 Å². The molecular formula is C9H8N2O3S. The summed E-state index contributed by atoms with van der Waals surface area (Å²) in [5.41, 5.74) is 1.04. The Hall–Kier alpha value is -1.56. The molecule has 0 saturated carbocycles. The SMILES string of the molecule is CS[C@@H]1C(=O)Nc2cccc([N+](=O)[O-])c21. The lowest BCUT2D eigenvalue weighted by atomic mass is 10.1. The van der Waals surface area contributed by atoms with Crippen LogP contribution in [0.5, 0.6) is 0 Å². The van der Waals surface area contributed by atoms with Crippen molar-refractivity contribution >= 4 is 29.0 Å². The molecular weight excluding hydrogens is 216 g/mol. The van der Waals surface area contributed by atoms with Crippen molar-refractivity contribution in [3.63, 3.8) is 0 Å². The molecule has 0 fully saturated rings. The standard InChI is InChI=1S/C9H8N2O3S/c1-15-8-7-5(10-9(8)12)3-2-4-6(7)11(13)14/h2-4,8H,1H3,(H,10,12)/t8-/m0/s1. The van der Waals surface area contributed by atoms with Gasteiger partial charge in [0, 0.05) is 6.07 Å². The van der Waals surface area contributed by atoms with Gasteiger partial charge < -0.3 is 5.32 Å². The van der Waals surface area contributed by atoms with Crippen molar-refractivity contribution in [2.75, 3.05) is 11.6 Å². The maximum atomic E-state index is 11.5. The van der Waals surface area contributed by atoms with Crippen LogP contribution in [0.25, 0.3) is 0 Å². The van der Waals surface area contributed by atoms with Gasteiger partial charge >= 0.3 is 0 Å². The van der Waals surface area contributed by atoms with E-state index in [9.17, 15) is 14.9 Å². The van der Waals surface area contributed by atoms with Crippen LogP contribution in [0.4, 0.5) is 11.4 Å². The third kappa shape index (κ3) is 1.46. The van der Waals surface area contributed by atoms with Gasteiger partial charge in [-0.25, -0.2) is 0 Å². The van der Waals surface area contributed by atoms with E-state index >= 15 is 0 Å². The van der Waals surface area contributed by atoms with E-state index in [2.05, 4.69) is 5.32 Å². The first-order valence-corrected chi connectivity index (χ1v) is 5.55. The highest BCUT2D eigenvalue weighted by molar-refractivity contribution is 7.99. The fourth-order valence-corrected chi connectivity index (χ4v) is 2.41. The first kappa shape index (κ1) is 9.97. The van der Waals surface area contributed by atoms with Crippen LogP contribution in [0.1, 0.15) is 10.8 Å². The van der Waals surface area contributed by atoms with Crippen LogP contribution in [-0.2, 0) is 4.79 Å². The number of hydrogen-bond donors (Lipinski definition) is 1. The van der Waals surface area contributed by atoms with Crippen molar-refractivity contribution in [2.45, 2.75) is 5.25 Å². The number of fused-ring (bicyclic) bond motifs is 1. The number of nitrogens with one attached hydrogen (secondary N) is 1. The Kier molecular flexibility index (Phi) is 2.36.